The lowest BCUT2D eigenvalue weighted by molar-refractivity contribution is -0.147. The van der Waals surface area contributed by atoms with Gasteiger partial charge in [0.15, 0.2) is 0 Å². The van der Waals surface area contributed by atoms with Gasteiger partial charge in [-0.25, -0.2) is 14.8 Å². The Kier molecular flexibility index (Phi) is 6.58. The van der Waals surface area contributed by atoms with E-state index in [2.05, 4.69) is 22.6 Å². The van der Waals surface area contributed by atoms with E-state index in [0.717, 1.165) is 36.3 Å². The molecule has 8 nitrogen and oxygen atoms in total. The number of cyclic esters (lactones) is 1. The predicted molar refractivity (Wildman–Crippen MR) is 155 cm³/mol. The number of rotatable bonds is 5. The summed E-state index contributed by atoms with van der Waals surface area (Å²) in [5.74, 6) is 1.09. The second kappa shape index (κ2) is 9.85. The number of hydrogen-bond donors (Lipinski definition) is 2. The molecule has 2 aromatic rings. The van der Waals surface area contributed by atoms with Crippen molar-refractivity contribution in [2.24, 2.45) is 33.6 Å². The van der Waals surface area contributed by atoms with E-state index in [4.69, 9.17) is 9.73 Å². The third-order valence-electron chi connectivity index (χ3n) is 9.96. The summed E-state index contributed by atoms with van der Waals surface area (Å²) in [5.41, 5.74) is 2.81. The van der Waals surface area contributed by atoms with Crippen LogP contribution in [0.25, 0.3) is 6.08 Å². The van der Waals surface area contributed by atoms with Crippen LogP contribution in [0.15, 0.2) is 71.2 Å². The predicted octanol–water partition coefficient (Wildman–Crippen LogP) is 4.53. The van der Waals surface area contributed by atoms with E-state index in [1.807, 2.05) is 68.5 Å². The zero-order chi connectivity index (χ0) is 28.2. The van der Waals surface area contributed by atoms with Gasteiger partial charge in [-0.1, -0.05) is 38.1 Å². The van der Waals surface area contributed by atoms with Crippen molar-refractivity contribution in [3.8, 4) is 0 Å². The van der Waals surface area contributed by atoms with E-state index < -0.39 is 11.5 Å². The first-order valence-electron chi connectivity index (χ1n) is 14.1. The molecule has 4 aliphatic rings. The van der Waals surface area contributed by atoms with Crippen molar-refractivity contribution in [3.05, 3.63) is 71.8 Å². The van der Waals surface area contributed by atoms with E-state index in [0.29, 0.717) is 23.7 Å². The average molecular weight is 543 g/mol. The Bertz CT molecular complexity index is 1430. The van der Waals surface area contributed by atoms with E-state index >= 15 is 0 Å². The molecule has 2 saturated carbocycles. The smallest absolute Gasteiger partial charge is 0.343 e. The zero-order valence-corrected chi connectivity index (χ0v) is 23.6. The van der Waals surface area contributed by atoms with Gasteiger partial charge in [-0.15, -0.1) is 0 Å². The summed E-state index contributed by atoms with van der Waals surface area (Å²) in [6.45, 7) is 4.97. The van der Waals surface area contributed by atoms with Crippen LogP contribution < -0.4 is 4.90 Å². The maximum absolute atomic E-state index is 12.9. The van der Waals surface area contributed by atoms with Crippen molar-refractivity contribution < 1.29 is 19.7 Å². The normalized spacial score (nSPS) is 34.1. The van der Waals surface area contributed by atoms with Crippen molar-refractivity contribution in [1.29, 1.82) is 0 Å². The lowest BCUT2D eigenvalue weighted by Crippen LogP contribution is -2.60. The number of aliphatic hydroxyl groups excluding tert-OH is 2. The molecular weight excluding hydrogens is 504 g/mol. The molecule has 2 aliphatic carbocycles. The van der Waals surface area contributed by atoms with Crippen LogP contribution in [0.4, 0.5) is 11.6 Å². The summed E-state index contributed by atoms with van der Waals surface area (Å²) in [4.78, 5) is 24.3. The van der Waals surface area contributed by atoms with Gasteiger partial charge >= 0.3 is 5.97 Å². The van der Waals surface area contributed by atoms with Crippen LogP contribution in [-0.4, -0.2) is 58.3 Å². The number of ether oxygens (including phenoxy) is 1. The largest absolute Gasteiger partial charge is 0.423 e. The number of aromatic nitrogens is 2. The van der Waals surface area contributed by atoms with E-state index in [9.17, 15) is 15.0 Å². The Balaban J connectivity index is 1.34. The highest BCUT2D eigenvalue weighted by Crippen LogP contribution is 2.61. The van der Waals surface area contributed by atoms with Gasteiger partial charge < -0.3 is 24.4 Å². The minimum atomic E-state index is -0.636. The van der Waals surface area contributed by atoms with Crippen LogP contribution in [0, 0.1) is 28.6 Å². The van der Waals surface area contributed by atoms with Gasteiger partial charge in [0.1, 0.15) is 5.76 Å². The topological polar surface area (TPSA) is 100 Å². The maximum Gasteiger partial charge on any atom is 0.343 e. The van der Waals surface area contributed by atoms with Crippen molar-refractivity contribution in [3.63, 3.8) is 0 Å². The third-order valence-corrected chi connectivity index (χ3v) is 9.96. The van der Waals surface area contributed by atoms with Crippen LogP contribution in [0.3, 0.4) is 0 Å². The summed E-state index contributed by atoms with van der Waals surface area (Å²) in [7, 11) is 4.00. The standard InChI is InChI=1S/C32H38N4O4/c1-31-12-11-28(38)32(2,19-37)27(31)17-26-24(18-36-14-13-33-30(36)34-26)25(31)10-7-21-16-23(40-29(21)39)15-20-5-8-22(9-6-20)35(3)4/h5-10,13-16,24-25,27-28,37-38H,11-12,17-19H2,1-4H3/t24?,25?,27?,28-,31-,32+/m1/s1. The van der Waals surface area contributed by atoms with Gasteiger partial charge in [0.25, 0.3) is 0 Å². The number of carbonyl (C=O) groups excluding carboxylic acids is 1. The molecule has 2 aliphatic heterocycles. The number of benzene rings is 1. The molecule has 40 heavy (non-hydrogen) atoms. The molecular formula is C32H38N4O4. The minimum absolute atomic E-state index is 0.0324. The van der Waals surface area contributed by atoms with Crippen LogP contribution in [0.1, 0.15) is 38.7 Å². The summed E-state index contributed by atoms with van der Waals surface area (Å²) in [5, 5.41) is 21.5. The number of allylic oxidation sites excluding steroid dienone is 2. The van der Waals surface area contributed by atoms with E-state index in [1.165, 1.54) is 0 Å². The second-order valence-electron chi connectivity index (χ2n) is 12.5. The molecule has 1 aromatic heterocycles. The lowest BCUT2D eigenvalue weighted by atomic mass is 9.45. The van der Waals surface area contributed by atoms with Gasteiger partial charge in [-0.2, -0.15) is 0 Å². The molecule has 0 saturated heterocycles. The molecule has 6 atom stereocenters. The molecule has 1 aromatic carbocycles. The molecule has 0 spiro atoms. The maximum atomic E-state index is 12.9. The number of fused-ring (bicyclic) bond motifs is 3. The summed E-state index contributed by atoms with van der Waals surface area (Å²) >= 11 is 0. The highest BCUT2D eigenvalue weighted by Gasteiger charge is 2.60. The molecule has 2 N–H and O–H groups in total. The van der Waals surface area contributed by atoms with Gasteiger partial charge in [0, 0.05) is 55.8 Å². The lowest BCUT2D eigenvalue weighted by Gasteiger charge is -2.61. The number of aliphatic imine (C=N–C) groups is 1. The number of nitrogens with zero attached hydrogens (tertiary/aromatic N) is 4. The second-order valence-corrected chi connectivity index (χ2v) is 12.5. The molecule has 0 radical (unpaired) electrons. The molecule has 6 rings (SSSR count). The first kappa shape index (κ1) is 26.7. The van der Waals surface area contributed by atoms with E-state index in [-0.39, 0.29) is 35.7 Å². The summed E-state index contributed by atoms with van der Waals surface area (Å²) in [6, 6.07) is 8.07. The van der Waals surface area contributed by atoms with E-state index in [1.54, 1.807) is 12.3 Å². The Hall–Kier alpha value is -3.49. The van der Waals surface area contributed by atoms with Crippen LogP contribution >= 0.6 is 0 Å². The molecule has 0 bridgehead atoms. The van der Waals surface area contributed by atoms with Crippen LogP contribution in [0.5, 0.6) is 0 Å². The van der Waals surface area contributed by atoms with Gasteiger partial charge in [0.05, 0.1) is 18.3 Å². The summed E-state index contributed by atoms with van der Waals surface area (Å²) < 4.78 is 7.69. The number of carbonyl (C=O) groups is 1. The van der Waals surface area contributed by atoms with Crippen molar-refractivity contribution in [1.82, 2.24) is 9.55 Å². The SMILES string of the molecule is CN(C)c1ccc(C=C2C=C(C=CC3C4Cn5ccnc5N=C4CC4[C@]3(C)CC[C@@H](O)[C@@]4(C)CO)C(=O)O2)cc1. The molecule has 3 heterocycles. The van der Waals surface area contributed by atoms with Crippen molar-refractivity contribution >= 4 is 29.4 Å². The minimum Gasteiger partial charge on any atom is -0.423 e. The molecule has 8 heteroatoms. The van der Waals surface area contributed by atoms with Crippen LogP contribution in [0.2, 0.25) is 0 Å². The van der Waals surface area contributed by atoms with Gasteiger partial charge in [0.2, 0.25) is 5.95 Å². The highest BCUT2D eigenvalue weighted by atomic mass is 16.5. The van der Waals surface area contributed by atoms with Crippen molar-refractivity contribution in [2.45, 2.75) is 45.8 Å². The van der Waals surface area contributed by atoms with Crippen molar-refractivity contribution in [2.75, 3.05) is 25.6 Å². The molecule has 3 unspecified atom stereocenters. The van der Waals surface area contributed by atoms with Crippen LogP contribution in [-0.2, 0) is 16.1 Å². The first-order chi connectivity index (χ1) is 19.1. The third kappa shape index (κ3) is 4.34. The fourth-order valence-electron chi connectivity index (χ4n) is 7.48. The number of imidazole rings is 1. The Morgan fingerprint density at radius 2 is 2.00 bits per heavy atom. The summed E-state index contributed by atoms with van der Waals surface area (Å²) in [6.07, 6.45) is 13.1. The quantitative estimate of drug-likeness (QED) is 0.539. The molecule has 210 valence electrons. The monoisotopic (exact) mass is 542 g/mol. The average Bonchev–Trinajstić information content (AvgIpc) is 3.54. The zero-order valence-electron chi connectivity index (χ0n) is 23.6. The fourth-order valence-corrected chi connectivity index (χ4v) is 7.48. The number of anilines is 1. The Labute approximate surface area is 235 Å². The first-order valence-corrected chi connectivity index (χ1v) is 14.1. The van der Waals surface area contributed by atoms with Gasteiger partial charge in [-0.05, 0) is 66.4 Å². The van der Waals surface area contributed by atoms with Gasteiger partial charge in [-0.3, -0.25) is 0 Å². The number of esters is 1. The molecule has 0 amide bonds. The highest BCUT2D eigenvalue weighted by molar-refractivity contribution is 5.96. The Morgan fingerprint density at radius 3 is 2.73 bits per heavy atom. The number of aliphatic hydroxyl groups is 2. The molecule has 2 fully saturated rings. The fraction of sp³-hybridized carbons (Fsp3) is 0.469. The number of hydrogen-bond acceptors (Lipinski definition) is 7. The Morgan fingerprint density at radius 1 is 1.23 bits per heavy atom.